The van der Waals surface area contributed by atoms with Gasteiger partial charge in [-0.05, 0) is 98.5 Å². The van der Waals surface area contributed by atoms with Gasteiger partial charge >= 0.3 is 0 Å². The SMILES string of the molecule is [C-]#[N+]c1ccc(N)c(Nc2ccc(C)c(C)c2)c1.[C-]#[N+]c1ccc([N+](=O)[O-])c(Nc2ccc(C)c(C)c2)c1. The smallest absolute Gasteiger partial charge is 0.290 e. The summed E-state index contributed by atoms with van der Waals surface area (Å²) in [5, 5.41) is 17.3. The van der Waals surface area contributed by atoms with Crippen LogP contribution in [-0.2, 0) is 0 Å². The van der Waals surface area contributed by atoms with Gasteiger partial charge in [-0.1, -0.05) is 18.2 Å². The van der Waals surface area contributed by atoms with Crippen molar-refractivity contribution in [2.45, 2.75) is 27.7 Å². The molecule has 0 amide bonds. The van der Waals surface area contributed by atoms with Crippen LogP contribution in [0.2, 0.25) is 0 Å². The highest BCUT2D eigenvalue weighted by Gasteiger charge is 2.14. The van der Waals surface area contributed by atoms with E-state index in [0.717, 1.165) is 28.2 Å². The number of nitrogens with two attached hydrogens (primary N) is 1. The third-order valence-corrected chi connectivity index (χ3v) is 6.04. The van der Waals surface area contributed by atoms with Crippen molar-refractivity contribution in [2.24, 2.45) is 0 Å². The van der Waals surface area contributed by atoms with Crippen molar-refractivity contribution in [1.82, 2.24) is 0 Å². The standard InChI is InChI=1S/C15H13N3O2.C15H15N3/c1-10-4-5-13(8-11(10)2)17-14-9-12(16-3)6-7-15(14)18(19)20;1-10-4-5-13(8-11(10)2)18-15-9-12(17-3)6-7-14(15)16/h4-9,17H,1-2H3;4-9,18H,16H2,1-2H3. The first kappa shape index (κ1) is 27.3. The first-order valence-electron chi connectivity index (χ1n) is 11.7. The highest BCUT2D eigenvalue weighted by molar-refractivity contribution is 5.77. The number of aryl methyl sites for hydroxylation is 4. The fourth-order valence-electron chi connectivity index (χ4n) is 3.52. The maximum absolute atomic E-state index is 11.0. The fourth-order valence-corrected chi connectivity index (χ4v) is 3.52. The predicted octanol–water partition coefficient (Wildman–Crippen LogP) is 8.69. The molecule has 0 fully saturated rings. The molecular formula is C30H28N6O2. The average Bonchev–Trinajstić information content (AvgIpc) is 2.90. The number of nitrogen functional groups attached to an aromatic ring is 1. The predicted molar refractivity (Wildman–Crippen MR) is 155 cm³/mol. The Kier molecular flexibility index (Phi) is 8.65. The van der Waals surface area contributed by atoms with E-state index in [4.69, 9.17) is 18.9 Å². The Morgan fingerprint density at radius 2 is 1.16 bits per heavy atom. The van der Waals surface area contributed by atoms with Gasteiger partial charge in [-0.25, -0.2) is 9.69 Å². The number of nitrogens with one attached hydrogen (secondary N) is 2. The summed E-state index contributed by atoms with van der Waals surface area (Å²) in [6.07, 6.45) is 0. The molecule has 0 heterocycles. The number of benzene rings is 4. The number of nitrogens with zero attached hydrogens (tertiary/aromatic N) is 3. The minimum Gasteiger partial charge on any atom is -0.397 e. The van der Waals surface area contributed by atoms with Gasteiger partial charge in [-0.3, -0.25) is 10.1 Å². The van der Waals surface area contributed by atoms with Crippen LogP contribution in [0.15, 0.2) is 72.8 Å². The lowest BCUT2D eigenvalue weighted by atomic mass is 10.1. The second-order valence-electron chi connectivity index (χ2n) is 8.80. The number of rotatable bonds is 5. The van der Waals surface area contributed by atoms with Gasteiger partial charge in [-0.2, -0.15) is 0 Å². The molecule has 0 aliphatic rings. The van der Waals surface area contributed by atoms with Crippen molar-refractivity contribution in [1.29, 1.82) is 0 Å². The normalized spacial score (nSPS) is 9.84. The molecule has 4 N–H and O–H groups in total. The summed E-state index contributed by atoms with van der Waals surface area (Å²) in [5.41, 5.74) is 15.0. The maximum Gasteiger partial charge on any atom is 0.290 e. The van der Waals surface area contributed by atoms with Crippen molar-refractivity contribution >= 4 is 45.5 Å². The van der Waals surface area contributed by atoms with Gasteiger partial charge in [0.05, 0.1) is 29.4 Å². The molecule has 4 aromatic rings. The number of nitro groups is 1. The van der Waals surface area contributed by atoms with Crippen LogP contribution in [-0.4, -0.2) is 4.92 Å². The Morgan fingerprint density at radius 1 is 0.684 bits per heavy atom. The first-order valence-corrected chi connectivity index (χ1v) is 11.7. The van der Waals surface area contributed by atoms with Crippen molar-refractivity contribution in [2.75, 3.05) is 16.4 Å². The molecule has 0 unspecified atom stereocenters. The zero-order chi connectivity index (χ0) is 27.8. The zero-order valence-electron chi connectivity index (χ0n) is 21.7. The lowest BCUT2D eigenvalue weighted by molar-refractivity contribution is -0.383. The summed E-state index contributed by atoms with van der Waals surface area (Å²) in [6.45, 7) is 22.1. The largest absolute Gasteiger partial charge is 0.397 e. The molecule has 0 atom stereocenters. The third kappa shape index (κ3) is 6.87. The summed E-state index contributed by atoms with van der Waals surface area (Å²) in [7, 11) is 0. The molecule has 38 heavy (non-hydrogen) atoms. The van der Waals surface area contributed by atoms with Crippen LogP contribution in [0.5, 0.6) is 0 Å². The van der Waals surface area contributed by atoms with E-state index < -0.39 is 4.92 Å². The minimum absolute atomic E-state index is 0.0457. The van der Waals surface area contributed by atoms with E-state index in [1.165, 1.54) is 29.3 Å². The van der Waals surface area contributed by atoms with Crippen LogP contribution in [0.1, 0.15) is 22.3 Å². The number of nitro benzene ring substituents is 1. The van der Waals surface area contributed by atoms with E-state index in [1.54, 1.807) is 18.2 Å². The second kappa shape index (κ2) is 12.1. The number of hydrogen-bond donors (Lipinski definition) is 3. The number of hydrogen-bond acceptors (Lipinski definition) is 5. The van der Waals surface area contributed by atoms with Crippen molar-refractivity contribution < 1.29 is 4.92 Å². The monoisotopic (exact) mass is 504 g/mol. The molecule has 190 valence electrons. The van der Waals surface area contributed by atoms with Crippen molar-refractivity contribution in [3.63, 3.8) is 0 Å². The van der Waals surface area contributed by atoms with Gasteiger partial charge in [0.25, 0.3) is 5.69 Å². The lowest BCUT2D eigenvalue weighted by Crippen LogP contribution is -1.97. The summed E-state index contributed by atoms with van der Waals surface area (Å²) in [6, 6.07) is 21.4. The van der Waals surface area contributed by atoms with Gasteiger partial charge in [-0.15, -0.1) is 0 Å². The van der Waals surface area contributed by atoms with Crippen LogP contribution in [0.4, 0.5) is 45.5 Å². The van der Waals surface area contributed by atoms with Crippen LogP contribution >= 0.6 is 0 Å². The Labute approximate surface area is 222 Å². The van der Waals surface area contributed by atoms with E-state index in [-0.39, 0.29) is 5.69 Å². The molecular weight excluding hydrogens is 476 g/mol. The molecule has 4 rings (SSSR count). The molecule has 8 heteroatoms. The minimum atomic E-state index is -0.461. The van der Waals surface area contributed by atoms with Crippen molar-refractivity contribution in [3.8, 4) is 0 Å². The third-order valence-electron chi connectivity index (χ3n) is 6.04. The van der Waals surface area contributed by atoms with E-state index in [0.29, 0.717) is 22.7 Å². The van der Waals surface area contributed by atoms with Crippen LogP contribution in [0.25, 0.3) is 9.69 Å². The highest BCUT2D eigenvalue weighted by atomic mass is 16.6. The Morgan fingerprint density at radius 3 is 1.63 bits per heavy atom. The van der Waals surface area contributed by atoms with E-state index in [9.17, 15) is 10.1 Å². The van der Waals surface area contributed by atoms with E-state index in [2.05, 4.69) is 46.3 Å². The van der Waals surface area contributed by atoms with Gasteiger partial charge in [0.1, 0.15) is 5.69 Å². The topological polar surface area (TPSA) is 102 Å². The summed E-state index contributed by atoms with van der Waals surface area (Å²) in [4.78, 5) is 17.3. The Balaban J connectivity index is 0.000000212. The van der Waals surface area contributed by atoms with Gasteiger partial charge in [0.15, 0.2) is 11.4 Å². The van der Waals surface area contributed by atoms with Gasteiger partial charge < -0.3 is 16.4 Å². The maximum atomic E-state index is 11.0. The highest BCUT2D eigenvalue weighted by Crippen LogP contribution is 2.32. The first-order chi connectivity index (χ1) is 18.1. The summed E-state index contributed by atoms with van der Waals surface area (Å²) in [5.74, 6) is 0. The molecule has 0 aromatic heterocycles. The van der Waals surface area contributed by atoms with Crippen molar-refractivity contribution in [3.05, 3.63) is 128 Å². The van der Waals surface area contributed by atoms with E-state index in [1.807, 2.05) is 38.1 Å². The quantitative estimate of drug-likeness (QED) is 0.109. The molecule has 0 bridgehead atoms. The molecule has 0 aliphatic carbocycles. The molecule has 0 saturated carbocycles. The zero-order valence-corrected chi connectivity index (χ0v) is 21.7. The lowest BCUT2D eigenvalue weighted by Gasteiger charge is -2.11. The molecule has 0 aliphatic heterocycles. The van der Waals surface area contributed by atoms with Gasteiger partial charge in [0.2, 0.25) is 0 Å². The Hall–Kier alpha value is -5.34. The second-order valence-corrected chi connectivity index (χ2v) is 8.80. The molecule has 4 aromatic carbocycles. The Bertz CT molecular complexity index is 1580. The van der Waals surface area contributed by atoms with E-state index >= 15 is 0 Å². The average molecular weight is 505 g/mol. The fraction of sp³-hybridized carbons (Fsp3) is 0.133. The van der Waals surface area contributed by atoms with Crippen LogP contribution in [0, 0.1) is 51.0 Å². The molecule has 0 saturated heterocycles. The summed E-state index contributed by atoms with van der Waals surface area (Å²) >= 11 is 0. The summed E-state index contributed by atoms with van der Waals surface area (Å²) < 4.78 is 0. The molecule has 0 spiro atoms. The molecule has 0 radical (unpaired) electrons. The number of anilines is 5. The molecule has 8 nitrogen and oxygen atoms in total. The van der Waals surface area contributed by atoms with Crippen LogP contribution < -0.4 is 16.4 Å². The van der Waals surface area contributed by atoms with Crippen LogP contribution in [0.3, 0.4) is 0 Å². The van der Waals surface area contributed by atoms with Gasteiger partial charge in [0, 0.05) is 17.4 Å².